The summed E-state index contributed by atoms with van der Waals surface area (Å²) in [4.78, 5) is 0. The van der Waals surface area contributed by atoms with Crippen LogP contribution in [-0.4, -0.2) is 36.9 Å². The Bertz CT molecular complexity index is 1180. The van der Waals surface area contributed by atoms with E-state index in [1.807, 2.05) is 26.0 Å². The first-order valence-electron chi connectivity index (χ1n) is 13.8. The largest absolute Gasteiger partial charge is 0.489 e. The predicted molar refractivity (Wildman–Crippen MR) is 151 cm³/mol. The molecule has 1 N–H and O–H groups in total. The Balaban J connectivity index is 0.00000156. The first-order chi connectivity index (χ1) is 18.0. The van der Waals surface area contributed by atoms with Crippen molar-refractivity contribution in [3.05, 3.63) is 70.4 Å². The molecule has 37 heavy (non-hydrogen) atoms. The van der Waals surface area contributed by atoms with Crippen LogP contribution in [0.5, 0.6) is 5.75 Å². The van der Waals surface area contributed by atoms with Crippen LogP contribution in [-0.2, 0) is 4.74 Å². The second-order valence-electron chi connectivity index (χ2n) is 10.2. The van der Waals surface area contributed by atoms with E-state index in [2.05, 4.69) is 73.8 Å². The Labute approximate surface area is 222 Å². The summed E-state index contributed by atoms with van der Waals surface area (Å²) in [5.74, 6) is 1.50. The molecule has 5 nitrogen and oxygen atoms in total. The molecule has 1 saturated carbocycles. The van der Waals surface area contributed by atoms with Crippen molar-refractivity contribution in [2.45, 2.75) is 72.4 Å². The molecule has 2 aromatic rings. The lowest BCUT2D eigenvalue weighted by molar-refractivity contribution is 0.0254. The zero-order chi connectivity index (χ0) is 26.4. The van der Waals surface area contributed by atoms with E-state index in [9.17, 15) is 5.26 Å². The van der Waals surface area contributed by atoms with Crippen LogP contribution in [0.25, 0.3) is 17.2 Å². The van der Waals surface area contributed by atoms with E-state index in [0.717, 1.165) is 36.4 Å². The number of nitrogens with zero attached hydrogens (tertiary/aromatic N) is 2. The summed E-state index contributed by atoms with van der Waals surface area (Å²) < 4.78 is 11.6. The molecule has 0 aromatic heterocycles. The fourth-order valence-corrected chi connectivity index (χ4v) is 5.31. The molecule has 2 aliphatic heterocycles. The van der Waals surface area contributed by atoms with E-state index in [4.69, 9.17) is 9.47 Å². The molecule has 2 aromatic carbocycles. The fourth-order valence-electron chi connectivity index (χ4n) is 5.31. The van der Waals surface area contributed by atoms with Crippen molar-refractivity contribution < 1.29 is 9.47 Å². The molecule has 0 bridgehead atoms. The number of hydrazine groups is 1. The minimum absolute atomic E-state index is 0.114. The Hall–Kier alpha value is -3.07. The molecule has 5 heteroatoms. The van der Waals surface area contributed by atoms with Gasteiger partial charge in [-0.3, -0.25) is 0 Å². The summed E-state index contributed by atoms with van der Waals surface area (Å²) in [5.41, 5.74) is 11.4. The van der Waals surface area contributed by atoms with Crippen molar-refractivity contribution in [1.82, 2.24) is 10.4 Å². The quantitative estimate of drug-likeness (QED) is 0.463. The predicted octanol–water partition coefficient (Wildman–Crippen LogP) is 7.02. The van der Waals surface area contributed by atoms with Crippen LogP contribution >= 0.6 is 0 Å². The van der Waals surface area contributed by atoms with Crippen molar-refractivity contribution in [3.8, 4) is 22.9 Å². The van der Waals surface area contributed by atoms with E-state index in [1.165, 1.54) is 35.1 Å². The standard InChI is InChI=1S/C30H35N3O2.C2H6/c1-20-13-27(14-20)33-19-26(18-32-33)21(2)15-23-5-4-6-29(22(23)3)24-7-8-30(25(16-24)17-31)35-28-9-11-34-12-10-28;1-2/h4-8,15-16,19-20,27-28,32H,9-14,18H2,1-3H3;1-2H3/b21-15+;. The Kier molecular flexibility index (Phi) is 9.08. The summed E-state index contributed by atoms with van der Waals surface area (Å²) in [5, 5.41) is 12.1. The SMILES string of the molecule is C/C(=C\c1cccc(-c2ccc(OC3CCOCC3)c(C#N)c2)c1C)C1=CN(C2CC(C)C2)NC1.CC. The summed E-state index contributed by atoms with van der Waals surface area (Å²) in [7, 11) is 0. The maximum atomic E-state index is 9.80. The van der Waals surface area contributed by atoms with Crippen molar-refractivity contribution in [2.24, 2.45) is 5.92 Å². The average Bonchev–Trinajstić information content (AvgIpc) is 3.40. The van der Waals surface area contributed by atoms with E-state index < -0.39 is 0 Å². The number of nitrogens with one attached hydrogen (secondary N) is 1. The minimum atomic E-state index is 0.114. The highest BCUT2D eigenvalue weighted by molar-refractivity contribution is 5.75. The van der Waals surface area contributed by atoms with Crippen LogP contribution < -0.4 is 10.2 Å². The first-order valence-corrected chi connectivity index (χ1v) is 13.8. The third-order valence-electron chi connectivity index (χ3n) is 7.62. The molecule has 0 amide bonds. The van der Waals surface area contributed by atoms with Gasteiger partial charge in [0.15, 0.2) is 0 Å². The van der Waals surface area contributed by atoms with Crippen molar-refractivity contribution >= 4 is 6.08 Å². The van der Waals surface area contributed by atoms with Gasteiger partial charge >= 0.3 is 0 Å². The second kappa shape index (κ2) is 12.4. The van der Waals surface area contributed by atoms with Crippen molar-refractivity contribution in [3.63, 3.8) is 0 Å². The van der Waals surface area contributed by atoms with Crippen LogP contribution in [0.1, 0.15) is 70.1 Å². The summed E-state index contributed by atoms with van der Waals surface area (Å²) >= 11 is 0. The van der Waals surface area contributed by atoms with E-state index in [-0.39, 0.29) is 6.10 Å². The van der Waals surface area contributed by atoms with E-state index >= 15 is 0 Å². The number of hydrogen-bond donors (Lipinski definition) is 1. The van der Waals surface area contributed by atoms with Crippen LogP contribution in [0.3, 0.4) is 0 Å². The highest BCUT2D eigenvalue weighted by Crippen LogP contribution is 2.34. The molecule has 0 atom stereocenters. The maximum Gasteiger partial charge on any atom is 0.137 e. The third-order valence-corrected chi connectivity index (χ3v) is 7.62. The van der Waals surface area contributed by atoms with Gasteiger partial charge < -0.3 is 14.5 Å². The highest BCUT2D eigenvalue weighted by Gasteiger charge is 2.31. The monoisotopic (exact) mass is 499 g/mol. The molecule has 196 valence electrons. The van der Waals surface area contributed by atoms with Crippen molar-refractivity contribution in [1.29, 1.82) is 5.26 Å². The van der Waals surface area contributed by atoms with Gasteiger partial charge in [-0.1, -0.05) is 51.1 Å². The highest BCUT2D eigenvalue weighted by atomic mass is 16.5. The number of hydrogen-bond acceptors (Lipinski definition) is 5. The van der Waals surface area contributed by atoms with Crippen LogP contribution in [0.2, 0.25) is 0 Å². The molecule has 1 saturated heterocycles. The van der Waals surface area contributed by atoms with Crippen LogP contribution in [0.4, 0.5) is 0 Å². The van der Waals surface area contributed by atoms with Gasteiger partial charge in [0.2, 0.25) is 0 Å². The summed E-state index contributed by atoms with van der Waals surface area (Å²) in [6, 6.07) is 15.3. The Morgan fingerprint density at radius 2 is 1.92 bits per heavy atom. The topological polar surface area (TPSA) is 57.5 Å². The van der Waals surface area contributed by atoms with Gasteiger partial charge in [-0.15, -0.1) is 0 Å². The van der Waals surface area contributed by atoms with Gasteiger partial charge in [-0.25, -0.2) is 5.43 Å². The normalized spacial score (nSPS) is 21.9. The fraction of sp³-hybridized carbons (Fsp3) is 0.469. The molecular formula is C32H41N3O2. The Morgan fingerprint density at radius 1 is 1.16 bits per heavy atom. The number of nitriles is 1. The van der Waals surface area contributed by atoms with Crippen molar-refractivity contribution in [2.75, 3.05) is 19.8 Å². The summed E-state index contributed by atoms with van der Waals surface area (Å²) in [6.45, 7) is 13.0. The molecule has 5 rings (SSSR count). The Morgan fingerprint density at radius 3 is 2.62 bits per heavy atom. The number of ether oxygens (including phenoxy) is 2. The van der Waals surface area contributed by atoms with Crippen LogP contribution in [0, 0.1) is 24.2 Å². The lowest BCUT2D eigenvalue weighted by Crippen LogP contribution is -2.45. The first kappa shape index (κ1) is 27.0. The summed E-state index contributed by atoms with van der Waals surface area (Å²) in [6.07, 6.45) is 8.95. The van der Waals surface area contributed by atoms with Crippen LogP contribution in [0.15, 0.2) is 53.7 Å². The van der Waals surface area contributed by atoms with Gasteiger partial charge in [0.25, 0.3) is 0 Å². The van der Waals surface area contributed by atoms with E-state index in [0.29, 0.717) is 30.6 Å². The molecule has 1 aliphatic carbocycles. The molecular weight excluding hydrogens is 458 g/mol. The van der Waals surface area contributed by atoms with Gasteiger partial charge in [-0.05, 0) is 78.1 Å². The molecule has 0 spiro atoms. The molecule has 3 aliphatic rings. The lowest BCUT2D eigenvalue weighted by atomic mass is 9.81. The smallest absolute Gasteiger partial charge is 0.137 e. The zero-order valence-electron chi connectivity index (χ0n) is 23.0. The van der Waals surface area contributed by atoms with E-state index in [1.54, 1.807) is 0 Å². The lowest BCUT2D eigenvalue weighted by Gasteiger charge is -2.39. The number of rotatable bonds is 6. The third kappa shape index (κ3) is 6.26. The molecule has 2 fully saturated rings. The van der Waals surface area contributed by atoms with Gasteiger partial charge in [0.1, 0.15) is 17.9 Å². The molecule has 0 radical (unpaired) electrons. The second-order valence-corrected chi connectivity index (χ2v) is 10.2. The zero-order valence-corrected chi connectivity index (χ0v) is 23.0. The van der Waals surface area contributed by atoms with Gasteiger partial charge in [0.05, 0.1) is 18.8 Å². The molecule has 2 heterocycles. The average molecular weight is 500 g/mol. The number of benzene rings is 2. The molecule has 0 unspecified atom stereocenters. The maximum absolute atomic E-state index is 9.80. The minimum Gasteiger partial charge on any atom is -0.489 e. The van der Waals surface area contributed by atoms with Gasteiger partial charge in [0, 0.05) is 31.6 Å². The van der Waals surface area contributed by atoms with Gasteiger partial charge in [-0.2, -0.15) is 5.26 Å².